The predicted octanol–water partition coefficient (Wildman–Crippen LogP) is 5.21. The topological polar surface area (TPSA) is 9.23 Å². The summed E-state index contributed by atoms with van der Waals surface area (Å²) < 4.78 is 5.24. The van der Waals surface area contributed by atoms with E-state index in [1.807, 2.05) is 65.8 Å². The third kappa shape index (κ3) is 6.28. The van der Waals surface area contributed by atoms with Crippen LogP contribution in [0.5, 0.6) is 5.75 Å². The molecule has 0 bridgehead atoms. The molecule has 0 aliphatic carbocycles. The van der Waals surface area contributed by atoms with Gasteiger partial charge in [0.25, 0.3) is 0 Å². The van der Waals surface area contributed by atoms with E-state index in [1.54, 1.807) is 6.26 Å². The molecule has 0 spiro atoms. The highest BCUT2D eigenvalue weighted by Crippen LogP contribution is 2.21. The van der Waals surface area contributed by atoms with Gasteiger partial charge in [0, 0.05) is 0 Å². The molecule has 0 aromatic heterocycles. The summed E-state index contributed by atoms with van der Waals surface area (Å²) in [6, 6.07) is 8.08. The second kappa shape index (κ2) is 13.8. The largest absolute Gasteiger partial charge is 0.465 e. The van der Waals surface area contributed by atoms with E-state index in [9.17, 15) is 0 Å². The second-order valence-electron chi connectivity index (χ2n) is 2.30. The zero-order chi connectivity index (χ0) is 12.8. The first-order valence-electron chi connectivity index (χ1n) is 6.36. The maximum atomic E-state index is 5.24. The average molecular weight is 222 g/mol. The van der Waals surface area contributed by atoms with Gasteiger partial charge in [-0.1, -0.05) is 59.7 Å². The van der Waals surface area contributed by atoms with Crippen molar-refractivity contribution < 1.29 is 4.74 Å². The first kappa shape index (κ1) is 17.2. The van der Waals surface area contributed by atoms with Crippen molar-refractivity contribution in [2.75, 3.05) is 0 Å². The molecule has 92 valence electrons. The van der Waals surface area contributed by atoms with E-state index < -0.39 is 0 Å². The number of benzene rings is 1. The molecule has 2 rings (SSSR count). The van der Waals surface area contributed by atoms with E-state index in [4.69, 9.17) is 4.74 Å². The number of ether oxygens (including phenoxy) is 1. The molecule has 1 aliphatic rings. The van der Waals surface area contributed by atoms with Gasteiger partial charge in [-0.05, 0) is 24.1 Å². The monoisotopic (exact) mass is 222 g/mol. The van der Waals surface area contributed by atoms with Crippen LogP contribution in [0.3, 0.4) is 0 Å². The van der Waals surface area contributed by atoms with Crippen LogP contribution >= 0.6 is 0 Å². The standard InChI is InChI=1S/C9H8O.3C2H6/c1-2-6-9-8(4-1)5-3-7-10-9;3*1-2/h1-4,6-7H,5H2;3*1-2H3. The van der Waals surface area contributed by atoms with Crippen molar-refractivity contribution in [3.63, 3.8) is 0 Å². The molecule has 0 atom stereocenters. The molecule has 1 heterocycles. The lowest BCUT2D eigenvalue weighted by molar-refractivity contribution is 0.464. The van der Waals surface area contributed by atoms with E-state index in [2.05, 4.69) is 6.07 Å². The quantitative estimate of drug-likeness (QED) is 0.585. The normalized spacial score (nSPS) is 9.88. The van der Waals surface area contributed by atoms with Gasteiger partial charge in [-0.2, -0.15) is 0 Å². The number of allylic oxidation sites excluding steroid dienone is 1. The number of para-hydroxylation sites is 1. The molecule has 1 aromatic carbocycles. The van der Waals surface area contributed by atoms with Crippen LogP contribution in [-0.4, -0.2) is 0 Å². The fourth-order valence-corrected chi connectivity index (χ4v) is 1.08. The Labute approximate surface area is 101 Å². The molecule has 0 radical (unpaired) electrons. The van der Waals surface area contributed by atoms with E-state index in [0.717, 1.165) is 12.2 Å². The van der Waals surface area contributed by atoms with E-state index in [1.165, 1.54) is 5.56 Å². The van der Waals surface area contributed by atoms with Gasteiger partial charge in [-0.3, -0.25) is 0 Å². The van der Waals surface area contributed by atoms with Crippen LogP contribution in [0.1, 0.15) is 47.1 Å². The fraction of sp³-hybridized carbons (Fsp3) is 0.467. The fourth-order valence-electron chi connectivity index (χ4n) is 1.08. The summed E-state index contributed by atoms with van der Waals surface area (Å²) in [6.45, 7) is 12.0. The summed E-state index contributed by atoms with van der Waals surface area (Å²) in [5.74, 6) is 0.991. The Kier molecular flexibility index (Phi) is 14.8. The average Bonchev–Trinajstić information content (AvgIpc) is 2.45. The van der Waals surface area contributed by atoms with E-state index in [0.29, 0.717) is 0 Å². The van der Waals surface area contributed by atoms with Crippen LogP contribution in [0.2, 0.25) is 0 Å². The highest BCUT2D eigenvalue weighted by molar-refractivity contribution is 5.36. The molecule has 1 aliphatic heterocycles. The highest BCUT2D eigenvalue weighted by Gasteiger charge is 2.02. The first-order valence-corrected chi connectivity index (χ1v) is 6.36. The Hall–Kier alpha value is -1.24. The van der Waals surface area contributed by atoms with Crippen molar-refractivity contribution >= 4 is 0 Å². The molecule has 16 heavy (non-hydrogen) atoms. The van der Waals surface area contributed by atoms with Crippen molar-refractivity contribution in [2.45, 2.75) is 48.0 Å². The Bertz CT molecular complexity index is 237. The van der Waals surface area contributed by atoms with Gasteiger partial charge in [-0.15, -0.1) is 0 Å². The molecule has 0 fully saturated rings. The van der Waals surface area contributed by atoms with Crippen molar-refractivity contribution in [1.82, 2.24) is 0 Å². The van der Waals surface area contributed by atoms with Gasteiger partial charge in [0.05, 0.1) is 6.26 Å². The van der Waals surface area contributed by atoms with Gasteiger partial charge in [0.15, 0.2) is 0 Å². The summed E-state index contributed by atoms with van der Waals surface area (Å²) in [6.07, 6.45) is 4.75. The molecule has 0 unspecified atom stereocenters. The Morgan fingerprint density at radius 2 is 1.44 bits per heavy atom. The van der Waals surface area contributed by atoms with Crippen molar-refractivity contribution in [1.29, 1.82) is 0 Å². The van der Waals surface area contributed by atoms with Crippen LogP contribution in [-0.2, 0) is 6.42 Å². The SMILES string of the molecule is C1=COc2ccccc2C1.CC.CC.CC. The summed E-state index contributed by atoms with van der Waals surface area (Å²) in [5.41, 5.74) is 1.27. The summed E-state index contributed by atoms with van der Waals surface area (Å²) >= 11 is 0. The minimum Gasteiger partial charge on any atom is -0.465 e. The minimum atomic E-state index is 0.991. The molecule has 0 saturated carbocycles. The molecule has 0 N–H and O–H groups in total. The van der Waals surface area contributed by atoms with Crippen LogP contribution in [0.25, 0.3) is 0 Å². The van der Waals surface area contributed by atoms with E-state index >= 15 is 0 Å². The number of hydrogen-bond donors (Lipinski definition) is 0. The molecule has 1 aromatic rings. The Morgan fingerprint density at radius 3 is 2.00 bits per heavy atom. The van der Waals surface area contributed by atoms with Crippen molar-refractivity contribution in [3.8, 4) is 5.75 Å². The Morgan fingerprint density at radius 1 is 0.875 bits per heavy atom. The lowest BCUT2D eigenvalue weighted by Gasteiger charge is -2.09. The minimum absolute atomic E-state index is 0.991. The molecule has 1 heteroatoms. The first-order chi connectivity index (χ1) is 7.97. The predicted molar refractivity (Wildman–Crippen MR) is 74.0 cm³/mol. The van der Waals surface area contributed by atoms with Gasteiger partial charge in [0.2, 0.25) is 0 Å². The molecule has 1 nitrogen and oxygen atoms in total. The molecule has 0 saturated heterocycles. The Balaban J connectivity index is 0. The number of fused-ring (bicyclic) bond motifs is 1. The number of rotatable bonds is 0. The van der Waals surface area contributed by atoms with Crippen LogP contribution < -0.4 is 4.74 Å². The van der Waals surface area contributed by atoms with Crippen molar-refractivity contribution in [2.24, 2.45) is 0 Å². The van der Waals surface area contributed by atoms with Gasteiger partial charge in [-0.25, -0.2) is 0 Å². The molecular formula is C15H26O. The maximum Gasteiger partial charge on any atom is 0.130 e. The lowest BCUT2D eigenvalue weighted by Crippen LogP contribution is -1.94. The van der Waals surface area contributed by atoms with Gasteiger partial charge >= 0.3 is 0 Å². The smallest absolute Gasteiger partial charge is 0.130 e. The van der Waals surface area contributed by atoms with Gasteiger partial charge < -0.3 is 4.74 Å². The van der Waals surface area contributed by atoms with Crippen LogP contribution in [0.15, 0.2) is 36.6 Å². The highest BCUT2D eigenvalue weighted by atomic mass is 16.5. The zero-order valence-corrected chi connectivity index (χ0v) is 11.6. The third-order valence-electron chi connectivity index (χ3n) is 1.60. The van der Waals surface area contributed by atoms with Crippen molar-refractivity contribution in [3.05, 3.63) is 42.2 Å². The molecular weight excluding hydrogens is 196 g/mol. The maximum absolute atomic E-state index is 5.24. The summed E-state index contributed by atoms with van der Waals surface area (Å²) in [4.78, 5) is 0. The van der Waals surface area contributed by atoms with E-state index in [-0.39, 0.29) is 0 Å². The zero-order valence-electron chi connectivity index (χ0n) is 11.6. The van der Waals surface area contributed by atoms with Gasteiger partial charge in [0.1, 0.15) is 5.75 Å². The second-order valence-corrected chi connectivity index (χ2v) is 2.30. The summed E-state index contributed by atoms with van der Waals surface area (Å²) in [5, 5.41) is 0. The summed E-state index contributed by atoms with van der Waals surface area (Å²) in [7, 11) is 0. The number of hydrogen-bond acceptors (Lipinski definition) is 1. The third-order valence-corrected chi connectivity index (χ3v) is 1.60. The van der Waals surface area contributed by atoms with Crippen LogP contribution in [0.4, 0.5) is 0 Å². The van der Waals surface area contributed by atoms with Crippen LogP contribution in [0, 0.1) is 0 Å². The molecule has 0 amide bonds. The lowest BCUT2D eigenvalue weighted by atomic mass is 10.1.